The van der Waals surface area contributed by atoms with Gasteiger partial charge in [0, 0.05) is 17.6 Å². The van der Waals surface area contributed by atoms with Crippen molar-refractivity contribution in [1.82, 2.24) is 4.57 Å². The normalized spacial score (nSPS) is 11.4. The van der Waals surface area contributed by atoms with E-state index in [1.165, 1.54) is 25.1 Å². The number of halogens is 1. The third-order valence-electron chi connectivity index (χ3n) is 4.64. The predicted molar refractivity (Wildman–Crippen MR) is 128 cm³/mol. The molecule has 1 heterocycles. The number of nitrogens with one attached hydrogen (secondary N) is 2. The summed E-state index contributed by atoms with van der Waals surface area (Å²) in [5.74, 6) is -0.256. The number of hydrogen-bond donors (Lipinski definition) is 2. The van der Waals surface area contributed by atoms with E-state index in [1.54, 1.807) is 41.0 Å². The van der Waals surface area contributed by atoms with Crippen LogP contribution in [0.5, 0.6) is 0 Å². The van der Waals surface area contributed by atoms with Crippen LogP contribution in [0.25, 0.3) is 10.2 Å². The van der Waals surface area contributed by atoms with Crippen LogP contribution in [0.1, 0.15) is 12.5 Å². The number of benzene rings is 3. The highest BCUT2D eigenvalue weighted by atomic mass is 35.5. The number of carbonyl (C=O) groups excluding carboxylic acids is 1. The Bertz CT molecular complexity index is 1480. The Balaban J connectivity index is 1.63. The Hall–Kier alpha value is -3.14. The molecule has 0 aliphatic heterocycles. The van der Waals surface area contributed by atoms with Crippen LogP contribution in [-0.4, -0.2) is 18.9 Å². The second-order valence-electron chi connectivity index (χ2n) is 7.08. The van der Waals surface area contributed by atoms with Gasteiger partial charge in [-0.15, -0.1) is 0 Å². The van der Waals surface area contributed by atoms with E-state index >= 15 is 0 Å². The second kappa shape index (κ2) is 8.78. The van der Waals surface area contributed by atoms with Crippen molar-refractivity contribution in [2.24, 2.45) is 0 Å². The highest BCUT2D eigenvalue weighted by molar-refractivity contribution is 7.92. The maximum absolute atomic E-state index is 12.9. The van der Waals surface area contributed by atoms with Crippen LogP contribution in [0, 0.1) is 0 Å². The lowest BCUT2D eigenvalue weighted by Crippen LogP contribution is -2.14. The number of nitrogens with zero attached hydrogens (tertiary/aromatic N) is 1. The van der Waals surface area contributed by atoms with Crippen molar-refractivity contribution < 1.29 is 13.2 Å². The van der Waals surface area contributed by atoms with E-state index in [1.807, 2.05) is 12.1 Å². The molecule has 0 saturated heterocycles. The zero-order valence-corrected chi connectivity index (χ0v) is 19.2. The van der Waals surface area contributed by atoms with Crippen molar-refractivity contribution in [1.29, 1.82) is 0 Å². The van der Waals surface area contributed by atoms with Crippen molar-refractivity contribution in [2.75, 3.05) is 10.0 Å². The molecule has 3 aromatic carbocycles. The van der Waals surface area contributed by atoms with Gasteiger partial charge in [-0.3, -0.25) is 18.9 Å². The largest absolute Gasteiger partial charge is 0.326 e. The molecule has 7 nitrogen and oxygen atoms in total. The Labute approximate surface area is 193 Å². The third-order valence-corrected chi connectivity index (χ3v) is 7.21. The second-order valence-corrected chi connectivity index (χ2v) is 10.2. The Morgan fingerprint density at radius 2 is 1.75 bits per heavy atom. The summed E-state index contributed by atoms with van der Waals surface area (Å²) in [4.78, 5) is 23.6. The fourth-order valence-corrected chi connectivity index (χ4v) is 5.42. The summed E-state index contributed by atoms with van der Waals surface area (Å²) in [6.45, 7) is 1.73. The quantitative estimate of drug-likeness (QED) is 0.417. The van der Waals surface area contributed by atoms with E-state index in [9.17, 15) is 18.0 Å². The van der Waals surface area contributed by atoms with E-state index in [0.29, 0.717) is 33.2 Å². The summed E-state index contributed by atoms with van der Waals surface area (Å²) >= 11 is 6.91. The summed E-state index contributed by atoms with van der Waals surface area (Å²) in [5.41, 5.74) is 2.35. The third kappa shape index (κ3) is 4.85. The van der Waals surface area contributed by atoms with Crippen LogP contribution < -0.4 is 14.9 Å². The topological polar surface area (TPSA) is 97.3 Å². The highest BCUT2D eigenvalue weighted by Gasteiger charge is 2.17. The molecular weight excluding hydrogens is 470 g/mol. The van der Waals surface area contributed by atoms with Gasteiger partial charge < -0.3 is 5.32 Å². The number of amides is 1. The van der Waals surface area contributed by atoms with Gasteiger partial charge in [-0.05, 0) is 54.1 Å². The predicted octanol–water partition coefficient (Wildman–Crippen LogP) is 4.52. The molecule has 4 rings (SSSR count). The summed E-state index contributed by atoms with van der Waals surface area (Å²) in [6.07, 6.45) is 0. The highest BCUT2D eigenvalue weighted by Crippen LogP contribution is 2.25. The molecule has 0 spiro atoms. The molecule has 2 N–H and O–H groups in total. The van der Waals surface area contributed by atoms with Gasteiger partial charge in [0.25, 0.3) is 10.0 Å². The first-order valence-corrected chi connectivity index (χ1v) is 12.2. The molecule has 0 radical (unpaired) electrons. The molecule has 1 aromatic heterocycles. The van der Waals surface area contributed by atoms with Crippen LogP contribution in [0.15, 0.2) is 76.4 Å². The fourth-order valence-electron chi connectivity index (χ4n) is 3.21. The molecule has 0 unspecified atom stereocenters. The maximum Gasteiger partial charge on any atom is 0.308 e. The lowest BCUT2D eigenvalue weighted by molar-refractivity contribution is -0.114. The number of rotatable bonds is 6. The maximum atomic E-state index is 12.9. The molecule has 164 valence electrons. The average molecular weight is 488 g/mol. The van der Waals surface area contributed by atoms with Crippen molar-refractivity contribution in [3.8, 4) is 0 Å². The number of carbonyl (C=O) groups is 1. The average Bonchev–Trinajstić information content (AvgIpc) is 3.03. The number of fused-ring (bicyclic) bond motifs is 1. The van der Waals surface area contributed by atoms with Crippen molar-refractivity contribution in [2.45, 2.75) is 18.4 Å². The first kappa shape index (κ1) is 22.1. The van der Waals surface area contributed by atoms with E-state index < -0.39 is 10.0 Å². The van der Waals surface area contributed by atoms with Gasteiger partial charge in [0.1, 0.15) is 0 Å². The zero-order valence-electron chi connectivity index (χ0n) is 16.8. The van der Waals surface area contributed by atoms with Crippen LogP contribution >= 0.6 is 22.9 Å². The lowest BCUT2D eigenvalue weighted by atomic mass is 10.2. The Kier molecular flexibility index (Phi) is 6.05. The zero-order chi connectivity index (χ0) is 22.9. The number of sulfonamides is 1. The summed E-state index contributed by atoms with van der Waals surface area (Å²) in [5, 5.41) is 3.22. The molecule has 0 atom stereocenters. The molecular formula is C22H18ClN3O4S2. The van der Waals surface area contributed by atoms with E-state index in [0.717, 1.165) is 16.9 Å². The number of hydrogen-bond acceptors (Lipinski definition) is 5. The molecule has 0 aliphatic carbocycles. The van der Waals surface area contributed by atoms with Crippen LogP contribution in [0.2, 0.25) is 5.02 Å². The minimum absolute atomic E-state index is 0.0369. The molecule has 4 aromatic rings. The Morgan fingerprint density at radius 1 is 1.03 bits per heavy atom. The monoisotopic (exact) mass is 487 g/mol. The molecule has 0 aliphatic rings. The van der Waals surface area contributed by atoms with Crippen molar-refractivity contribution in [3.63, 3.8) is 0 Å². The van der Waals surface area contributed by atoms with Gasteiger partial charge in [-0.1, -0.05) is 41.1 Å². The van der Waals surface area contributed by atoms with E-state index in [-0.39, 0.29) is 15.7 Å². The van der Waals surface area contributed by atoms with E-state index in [2.05, 4.69) is 10.0 Å². The number of anilines is 2. The van der Waals surface area contributed by atoms with Crippen LogP contribution in [-0.2, 0) is 21.4 Å². The number of thiazole rings is 1. The fraction of sp³-hybridized carbons (Fsp3) is 0.0909. The lowest BCUT2D eigenvalue weighted by Gasteiger charge is -2.10. The molecule has 0 saturated carbocycles. The van der Waals surface area contributed by atoms with Crippen molar-refractivity contribution in [3.05, 3.63) is 87.0 Å². The van der Waals surface area contributed by atoms with E-state index in [4.69, 9.17) is 11.6 Å². The van der Waals surface area contributed by atoms with Crippen LogP contribution in [0.4, 0.5) is 11.4 Å². The minimum atomic E-state index is -3.90. The number of aromatic nitrogens is 1. The van der Waals surface area contributed by atoms with Gasteiger partial charge >= 0.3 is 4.87 Å². The van der Waals surface area contributed by atoms with Gasteiger partial charge in [0.2, 0.25) is 5.91 Å². The van der Waals surface area contributed by atoms with Gasteiger partial charge in [0.05, 0.1) is 27.3 Å². The smallest absolute Gasteiger partial charge is 0.308 e. The van der Waals surface area contributed by atoms with Crippen molar-refractivity contribution >= 4 is 60.5 Å². The standard InChI is InChI=1S/C22H18ClN3O4S2/c1-14(27)24-17-3-2-4-18(11-17)25-32(29,30)19-9-10-20-21(12-19)31-22(28)26(20)13-15-5-7-16(23)8-6-15/h2-12,25H,13H2,1H3,(H,24,27). The first-order chi connectivity index (χ1) is 15.2. The van der Waals surface area contributed by atoms with Gasteiger partial charge in [-0.2, -0.15) is 0 Å². The summed E-state index contributed by atoms with van der Waals surface area (Å²) in [6, 6.07) is 18.2. The van der Waals surface area contributed by atoms with Crippen LogP contribution in [0.3, 0.4) is 0 Å². The van der Waals surface area contributed by atoms with Gasteiger partial charge in [0.15, 0.2) is 0 Å². The molecule has 10 heteroatoms. The molecule has 0 bridgehead atoms. The van der Waals surface area contributed by atoms with Gasteiger partial charge in [-0.25, -0.2) is 8.42 Å². The SMILES string of the molecule is CC(=O)Nc1cccc(NS(=O)(=O)c2ccc3c(c2)sc(=O)n3Cc2ccc(Cl)cc2)c1. The summed E-state index contributed by atoms with van der Waals surface area (Å²) in [7, 11) is -3.90. The first-order valence-electron chi connectivity index (χ1n) is 9.49. The minimum Gasteiger partial charge on any atom is -0.326 e. The molecule has 0 fully saturated rings. The molecule has 32 heavy (non-hydrogen) atoms. The summed E-state index contributed by atoms with van der Waals surface area (Å²) < 4.78 is 30.5. The molecule has 1 amide bonds. The Morgan fingerprint density at radius 3 is 2.47 bits per heavy atom.